The monoisotopic (exact) mass is 362 g/mol. The molecule has 1 aliphatic rings. The van der Waals surface area contributed by atoms with Crippen LogP contribution in [0, 0.1) is 0 Å². The SMILES string of the molecule is O=C(O)CCC(=O)n1c(O)c(C2=Nc3ccccc3C2=O)c2ccccc21. The fourth-order valence-electron chi connectivity index (χ4n) is 3.27. The summed E-state index contributed by atoms with van der Waals surface area (Å²) in [7, 11) is 0. The molecule has 0 amide bonds. The van der Waals surface area contributed by atoms with Gasteiger partial charge in [0, 0.05) is 17.4 Å². The zero-order valence-electron chi connectivity index (χ0n) is 14.0. The molecule has 0 bridgehead atoms. The number of hydrogen-bond donors (Lipinski definition) is 2. The number of para-hydroxylation sites is 2. The van der Waals surface area contributed by atoms with Gasteiger partial charge in [-0.25, -0.2) is 9.56 Å². The Hall–Kier alpha value is -3.74. The minimum Gasteiger partial charge on any atom is -0.494 e. The number of aliphatic carboxylic acids is 1. The van der Waals surface area contributed by atoms with E-state index in [1.54, 1.807) is 48.5 Å². The van der Waals surface area contributed by atoms with Gasteiger partial charge in [0.15, 0.2) is 0 Å². The number of nitrogens with zero attached hydrogens (tertiary/aromatic N) is 2. The summed E-state index contributed by atoms with van der Waals surface area (Å²) in [6.07, 6.45) is -0.632. The molecular formula is C20H14N2O5. The van der Waals surface area contributed by atoms with Crippen LogP contribution in [0.25, 0.3) is 10.9 Å². The van der Waals surface area contributed by atoms with Crippen molar-refractivity contribution >= 4 is 40.0 Å². The second kappa shape index (κ2) is 6.21. The number of aromatic nitrogens is 1. The summed E-state index contributed by atoms with van der Waals surface area (Å²) >= 11 is 0. The van der Waals surface area contributed by atoms with Crippen LogP contribution in [0.1, 0.15) is 33.6 Å². The van der Waals surface area contributed by atoms with Gasteiger partial charge in [0.25, 0.3) is 0 Å². The van der Waals surface area contributed by atoms with E-state index in [1.807, 2.05) is 0 Å². The normalized spacial score (nSPS) is 12.9. The van der Waals surface area contributed by atoms with Crippen molar-refractivity contribution in [2.24, 2.45) is 4.99 Å². The third-order valence-electron chi connectivity index (χ3n) is 4.48. The summed E-state index contributed by atoms with van der Waals surface area (Å²) < 4.78 is 1.05. The molecule has 1 aliphatic heterocycles. The summed E-state index contributed by atoms with van der Waals surface area (Å²) in [5.41, 5.74) is 1.57. The molecule has 134 valence electrons. The highest BCUT2D eigenvalue weighted by atomic mass is 16.4. The lowest BCUT2D eigenvalue weighted by Gasteiger charge is -2.05. The van der Waals surface area contributed by atoms with Gasteiger partial charge < -0.3 is 10.2 Å². The molecule has 7 heteroatoms. The lowest BCUT2D eigenvalue weighted by molar-refractivity contribution is -0.137. The van der Waals surface area contributed by atoms with Crippen LogP contribution in [0.2, 0.25) is 0 Å². The minimum absolute atomic E-state index is 0.0645. The van der Waals surface area contributed by atoms with Gasteiger partial charge in [-0.1, -0.05) is 30.3 Å². The van der Waals surface area contributed by atoms with E-state index in [2.05, 4.69) is 4.99 Å². The fourth-order valence-corrected chi connectivity index (χ4v) is 3.27. The number of benzene rings is 2. The Morgan fingerprint density at radius 1 is 1.00 bits per heavy atom. The molecule has 0 atom stereocenters. The molecule has 4 rings (SSSR count). The second-order valence-electron chi connectivity index (χ2n) is 6.15. The molecule has 27 heavy (non-hydrogen) atoms. The Labute approximate surface area is 153 Å². The number of rotatable bonds is 4. The molecule has 1 aromatic heterocycles. The zero-order valence-corrected chi connectivity index (χ0v) is 14.0. The molecule has 3 aromatic rings. The van der Waals surface area contributed by atoms with E-state index in [-0.39, 0.29) is 29.9 Å². The lowest BCUT2D eigenvalue weighted by Crippen LogP contribution is -2.14. The smallest absolute Gasteiger partial charge is 0.303 e. The van der Waals surface area contributed by atoms with Gasteiger partial charge in [-0.05, 0) is 18.2 Å². The van der Waals surface area contributed by atoms with Gasteiger partial charge in [-0.3, -0.25) is 14.4 Å². The molecule has 0 unspecified atom stereocenters. The Bertz CT molecular complexity index is 1160. The summed E-state index contributed by atoms with van der Waals surface area (Å²) in [5, 5.41) is 20.1. The Morgan fingerprint density at radius 3 is 2.44 bits per heavy atom. The second-order valence-corrected chi connectivity index (χ2v) is 6.15. The molecule has 0 aliphatic carbocycles. The molecule has 0 radical (unpaired) electrons. The van der Waals surface area contributed by atoms with E-state index in [9.17, 15) is 19.5 Å². The number of ketones is 1. The molecule has 0 saturated carbocycles. The largest absolute Gasteiger partial charge is 0.494 e. The predicted octanol–water partition coefficient (Wildman–Crippen LogP) is 3.17. The van der Waals surface area contributed by atoms with Crippen LogP contribution in [-0.4, -0.2) is 38.2 Å². The summed E-state index contributed by atoms with van der Waals surface area (Å²) in [4.78, 5) is 40.4. The van der Waals surface area contributed by atoms with Crippen LogP contribution >= 0.6 is 0 Å². The molecule has 2 N–H and O–H groups in total. The first kappa shape index (κ1) is 16.7. The number of hydrogen-bond acceptors (Lipinski definition) is 5. The first-order valence-corrected chi connectivity index (χ1v) is 8.29. The van der Waals surface area contributed by atoms with Gasteiger partial charge in [0.2, 0.25) is 17.6 Å². The van der Waals surface area contributed by atoms with Crippen molar-refractivity contribution < 1.29 is 24.6 Å². The van der Waals surface area contributed by atoms with E-state index in [0.717, 1.165) is 4.57 Å². The Balaban J connectivity index is 1.89. The third-order valence-corrected chi connectivity index (χ3v) is 4.48. The quantitative estimate of drug-likeness (QED) is 0.741. The lowest BCUT2D eigenvalue weighted by atomic mass is 10.0. The number of aliphatic imine (C=N–C) groups is 1. The summed E-state index contributed by atoms with van der Waals surface area (Å²) in [6.45, 7) is 0. The van der Waals surface area contributed by atoms with Gasteiger partial charge in [0.05, 0.1) is 23.2 Å². The van der Waals surface area contributed by atoms with Crippen molar-refractivity contribution in [3.8, 4) is 5.88 Å². The van der Waals surface area contributed by atoms with Gasteiger partial charge in [0.1, 0.15) is 5.71 Å². The number of carboxylic acid groups (broad SMARTS) is 1. The molecular weight excluding hydrogens is 348 g/mol. The highest BCUT2D eigenvalue weighted by Crippen LogP contribution is 2.37. The number of Topliss-reactive ketones (excluding diaryl/α,β-unsaturated/α-hetero) is 1. The van der Waals surface area contributed by atoms with Crippen LogP contribution < -0.4 is 0 Å². The molecule has 2 aromatic carbocycles. The van der Waals surface area contributed by atoms with E-state index in [1.165, 1.54) is 0 Å². The maximum absolute atomic E-state index is 12.8. The van der Waals surface area contributed by atoms with Crippen LogP contribution in [0.5, 0.6) is 5.88 Å². The van der Waals surface area contributed by atoms with Crippen LogP contribution in [0.4, 0.5) is 5.69 Å². The summed E-state index contributed by atoms with van der Waals surface area (Å²) in [5.74, 6) is -2.42. The Kier molecular flexibility index (Phi) is 3.84. The number of carbonyl (C=O) groups excluding carboxylic acids is 2. The Morgan fingerprint density at radius 2 is 1.70 bits per heavy atom. The molecule has 2 heterocycles. The van der Waals surface area contributed by atoms with E-state index in [0.29, 0.717) is 22.2 Å². The topological polar surface area (TPSA) is 109 Å². The van der Waals surface area contributed by atoms with Crippen molar-refractivity contribution in [2.75, 3.05) is 0 Å². The highest BCUT2D eigenvalue weighted by molar-refractivity contribution is 6.56. The average Bonchev–Trinajstić information content (AvgIpc) is 3.13. The van der Waals surface area contributed by atoms with Crippen molar-refractivity contribution in [2.45, 2.75) is 12.8 Å². The van der Waals surface area contributed by atoms with E-state index < -0.39 is 17.8 Å². The fraction of sp³-hybridized carbons (Fsp3) is 0.100. The van der Waals surface area contributed by atoms with E-state index >= 15 is 0 Å². The van der Waals surface area contributed by atoms with Gasteiger partial charge >= 0.3 is 5.97 Å². The van der Waals surface area contributed by atoms with E-state index in [4.69, 9.17) is 5.11 Å². The molecule has 0 saturated heterocycles. The highest BCUT2D eigenvalue weighted by Gasteiger charge is 2.32. The van der Waals surface area contributed by atoms with Crippen molar-refractivity contribution in [1.29, 1.82) is 0 Å². The minimum atomic E-state index is -1.11. The maximum atomic E-state index is 12.8. The zero-order chi connectivity index (χ0) is 19.1. The van der Waals surface area contributed by atoms with Crippen molar-refractivity contribution in [3.05, 3.63) is 59.7 Å². The van der Waals surface area contributed by atoms with Crippen molar-refractivity contribution in [1.82, 2.24) is 4.57 Å². The molecule has 7 nitrogen and oxygen atoms in total. The third kappa shape index (κ3) is 2.60. The predicted molar refractivity (Wildman–Crippen MR) is 98.1 cm³/mol. The maximum Gasteiger partial charge on any atom is 0.303 e. The van der Waals surface area contributed by atoms with Crippen LogP contribution in [-0.2, 0) is 4.79 Å². The summed E-state index contributed by atoms with van der Waals surface area (Å²) in [6, 6.07) is 13.6. The number of carboxylic acids is 1. The molecule has 0 fully saturated rings. The molecule has 0 spiro atoms. The first-order valence-electron chi connectivity index (χ1n) is 8.29. The van der Waals surface area contributed by atoms with Crippen molar-refractivity contribution in [3.63, 3.8) is 0 Å². The standard InChI is InChI=1S/C20H14N2O5/c23-15(9-10-16(24)25)22-14-8-4-2-6-12(14)17(20(22)27)18-19(26)11-5-1-3-7-13(11)21-18/h1-8,27H,9-10H2,(H,24,25). The number of aromatic hydroxyl groups is 1. The average molecular weight is 362 g/mol. The van der Waals surface area contributed by atoms with Crippen LogP contribution in [0.15, 0.2) is 53.5 Å². The number of carbonyl (C=O) groups is 3. The van der Waals surface area contributed by atoms with Gasteiger partial charge in [-0.2, -0.15) is 0 Å². The number of fused-ring (bicyclic) bond motifs is 2. The van der Waals surface area contributed by atoms with Gasteiger partial charge in [-0.15, -0.1) is 0 Å². The van der Waals surface area contributed by atoms with Crippen LogP contribution in [0.3, 0.4) is 0 Å². The first-order chi connectivity index (χ1) is 13.0.